The van der Waals surface area contributed by atoms with Crippen LogP contribution in [0.5, 0.6) is 0 Å². The van der Waals surface area contributed by atoms with Gasteiger partial charge in [-0.2, -0.15) is 0 Å². The van der Waals surface area contributed by atoms with Crippen molar-refractivity contribution < 1.29 is 9.53 Å². The third kappa shape index (κ3) is 6.17. The first kappa shape index (κ1) is 24.3. The van der Waals surface area contributed by atoms with E-state index in [1.165, 1.54) is 0 Å². The van der Waals surface area contributed by atoms with Crippen molar-refractivity contribution in [2.75, 3.05) is 13.2 Å². The third-order valence-electron chi connectivity index (χ3n) is 6.52. The maximum atomic E-state index is 13.3. The van der Waals surface area contributed by atoms with Crippen LogP contribution < -0.4 is 0 Å². The molecule has 34 heavy (non-hydrogen) atoms. The van der Waals surface area contributed by atoms with Crippen molar-refractivity contribution in [3.05, 3.63) is 88.0 Å². The van der Waals surface area contributed by atoms with Gasteiger partial charge in [-0.15, -0.1) is 0 Å². The summed E-state index contributed by atoms with van der Waals surface area (Å²) in [5.74, 6) is 6.84. The highest BCUT2D eigenvalue weighted by Gasteiger charge is 2.24. The van der Waals surface area contributed by atoms with Gasteiger partial charge >= 0.3 is 0 Å². The molecule has 1 saturated heterocycles. The number of ketones is 1. The Labute approximate surface area is 207 Å². The second-order valence-electron chi connectivity index (χ2n) is 9.13. The van der Waals surface area contributed by atoms with Crippen LogP contribution in [-0.4, -0.2) is 28.5 Å². The maximum Gasteiger partial charge on any atom is 0.183 e. The summed E-state index contributed by atoms with van der Waals surface area (Å²) in [5, 5.41) is 0.541. The number of Topliss-reactive ketones (excluding diaryl/α,β-unsaturated/α-hetero) is 1. The Bertz CT molecular complexity index is 1180. The van der Waals surface area contributed by atoms with Gasteiger partial charge in [0.05, 0.1) is 5.02 Å². The van der Waals surface area contributed by atoms with Crippen LogP contribution in [0.2, 0.25) is 5.02 Å². The zero-order chi connectivity index (χ0) is 23.9. The Hall–Kier alpha value is -2.87. The number of hydrogen-bond donors (Lipinski definition) is 0. The molecule has 1 fully saturated rings. The van der Waals surface area contributed by atoms with Crippen molar-refractivity contribution in [1.29, 1.82) is 0 Å². The molecule has 0 bridgehead atoms. The first-order valence-electron chi connectivity index (χ1n) is 12.0. The molecular weight excluding hydrogens is 444 g/mol. The number of halogens is 1. The number of carbonyl (C=O) groups is 1. The van der Waals surface area contributed by atoms with Gasteiger partial charge < -0.3 is 9.30 Å². The van der Waals surface area contributed by atoms with Gasteiger partial charge in [-0.1, -0.05) is 48.6 Å². The lowest BCUT2D eigenvalue weighted by atomic mass is 9.95. The summed E-state index contributed by atoms with van der Waals surface area (Å²) in [7, 11) is 0. The van der Waals surface area contributed by atoms with Gasteiger partial charge in [0.15, 0.2) is 5.78 Å². The van der Waals surface area contributed by atoms with Crippen LogP contribution in [0, 0.1) is 30.6 Å². The minimum Gasteiger partial charge on any atom is -0.381 e. The fraction of sp³-hybridized carbons (Fsp3) is 0.379. The topological polar surface area (TPSA) is 44.1 Å². The Morgan fingerprint density at radius 3 is 2.65 bits per heavy atom. The molecule has 1 unspecified atom stereocenters. The van der Waals surface area contributed by atoms with Gasteiger partial charge in [0.25, 0.3) is 0 Å². The van der Waals surface area contributed by atoms with E-state index in [2.05, 4.69) is 29.8 Å². The first-order chi connectivity index (χ1) is 16.5. The van der Waals surface area contributed by atoms with E-state index in [-0.39, 0.29) is 11.7 Å². The monoisotopic (exact) mass is 474 g/mol. The van der Waals surface area contributed by atoms with Gasteiger partial charge in [0.1, 0.15) is 5.69 Å². The number of aromatic nitrogens is 2. The number of carbonyl (C=O) groups excluding carboxylic acids is 1. The molecule has 1 aliphatic heterocycles. The van der Waals surface area contributed by atoms with Crippen LogP contribution in [0.15, 0.2) is 54.9 Å². The van der Waals surface area contributed by atoms with Crippen molar-refractivity contribution in [1.82, 2.24) is 9.55 Å². The van der Waals surface area contributed by atoms with Gasteiger partial charge in [0.2, 0.25) is 0 Å². The van der Waals surface area contributed by atoms with Crippen molar-refractivity contribution in [2.45, 2.75) is 46.1 Å². The molecule has 5 heteroatoms. The van der Waals surface area contributed by atoms with Crippen molar-refractivity contribution in [3.8, 4) is 11.8 Å². The number of hydrogen-bond acceptors (Lipinski definition) is 3. The highest BCUT2D eigenvalue weighted by molar-refractivity contribution is 6.33. The summed E-state index contributed by atoms with van der Waals surface area (Å²) in [6, 6.07) is 13.8. The molecule has 0 N–H and O–H groups in total. The number of aryl methyl sites for hydroxylation is 2. The summed E-state index contributed by atoms with van der Waals surface area (Å²) in [4.78, 5) is 17.9. The predicted octanol–water partition coefficient (Wildman–Crippen LogP) is 6.12. The lowest BCUT2D eigenvalue weighted by Crippen LogP contribution is -2.23. The van der Waals surface area contributed by atoms with Gasteiger partial charge in [-0.25, -0.2) is 0 Å². The van der Waals surface area contributed by atoms with E-state index >= 15 is 0 Å². The number of ether oxygens (including phenoxy) is 1. The highest BCUT2D eigenvalue weighted by Crippen LogP contribution is 2.26. The van der Waals surface area contributed by atoms with Crippen molar-refractivity contribution >= 4 is 17.4 Å². The second-order valence-corrected chi connectivity index (χ2v) is 9.54. The van der Waals surface area contributed by atoms with E-state index in [1.54, 1.807) is 0 Å². The van der Waals surface area contributed by atoms with E-state index in [4.69, 9.17) is 16.3 Å². The van der Waals surface area contributed by atoms with Crippen LogP contribution in [-0.2, 0) is 17.7 Å². The zero-order valence-corrected chi connectivity index (χ0v) is 20.6. The van der Waals surface area contributed by atoms with Crippen LogP contribution in [0.1, 0.15) is 59.1 Å². The van der Waals surface area contributed by atoms with Crippen LogP contribution in [0.4, 0.5) is 0 Å². The molecule has 1 atom stereocenters. The van der Waals surface area contributed by atoms with Crippen molar-refractivity contribution in [2.24, 2.45) is 11.8 Å². The van der Waals surface area contributed by atoms with E-state index in [0.717, 1.165) is 67.8 Å². The molecule has 0 radical (unpaired) electrons. The summed E-state index contributed by atoms with van der Waals surface area (Å²) in [6.45, 7) is 6.44. The lowest BCUT2D eigenvalue weighted by Gasteiger charge is -2.24. The number of nitrogens with zero attached hydrogens (tertiary/aromatic N) is 2. The lowest BCUT2D eigenvalue weighted by molar-refractivity contribution is 0.0608. The molecule has 1 aromatic carbocycles. The standard InChI is InChI=1S/C29H31ClN2O2/c1-21(29(33)28-26(30)12-15-32(28)20-24-13-16-34-17-14-24)8-11-27-22(2)18-25(19-31-27)10-9-23-6-4-3-5-7-23/h3-7,12,15,18-19,21,24H,8,11,13-14,16-17,20H2,1-2H3. The van der Waals surface area contributed by atoms with Crippen LogP contribution >= 0.6 is 11.6 Å². The van der Waals surface area contributed by atoms with Crippen molar-refractivity contribution in [3.63, 3.8) is 0 Å². The average molecular weight is 475 g/mol. The van der Waals surface area contributed by atoms with E-state index in [0.29, 0.717) is 16.6 Å². The molecule has 0 amide bonds. The molecule has 176 valence electrons. The molecule has 0 saturated carbocycles. The zero-order valence-electron chi connectivity index (χ0n) is 19.9. The Morgan fingerprint density at radius 1 is 1.18 bits per heavy atom. The SMILES string of the molecule is Cc1cc(C#Cc2ccccc2)cnc1CCC(C)C(=O)c1c(Cl)ccn1CC1CCOCC1. The predicted molar refractivity (Wildman–Crippen MR) is 136 cm³/mol. The normalized spacial score (nSPS) is 14.9. The van der Waals surface area contributed by atoms with Gasteiger partial charge in [-0.05, 0) is 68.4 Å². The van der Waals surface area contributed by atoms with Gasteiger partial charge in [0, 0.05) is 54.9 Å². The van der Waals surface area contributed by atoms with E-state index in [1.807, 2.05) is 60.3 Å². The summed E-state index contributed by atoms with van der Waals surface area (Å²) in [6.07, 6.45) is 7.27. The molecule has 3 heterocycles. The summed E-state index contributed by atoms with van der Waals surface area (Å²) >= 11 is 6.44. The number of pyridine rings is 1. The smallest absolute Gasteiger partial charge is 0.183 e. The molecule has 3 aromatic rings. The Morgan fingerprint density at radius 2 is 1.91 bits per heavy atom. The molecule has 4 nitrogen and oxygen atoms in total. The number of rotatable bonds is 7. The largest absolute Gasteiger partial charge is 0.381 e. The quantitative estimate of drug-likeness (QED) is 0.306. The minimum atomic E-state index is -0.139. The van der Waals surface area contributed by atoms with Crippen LogP contribution in [0.3, 0.4) is 0 Å². The maximum absolute atomic E-state index is 13.3. The molecule has 4 rings (SSSR count). The second kappa shape index (κ2) is 11.5. The Kier molecular flexibility index (Phi) is 8.21. The van der Waals surface area contributed by atoms with Gasteiger partial charge in [-0.3, -0.25) is 9.78 Å². The summed E-state index contributed by atoms with van der Waals surface area (Å²) in [5.41, 5.74) is 4.62. The fourth-order valence-electron chi connectivity index (χ4n) is 4.38. The van der Waals surface area contributed by atoms with E-state index < -0.39 is 0 Å². The highest BCUT2D eigenvalue weighted by atomic mass is 35.5. The average Bonchev–Trinajstić information content (AvgIpc) is 3.22. The molecule has 2 aromatic heterocycles. The molecular formula is C29H31ClN2O2. The van der Waals surface area contributed by atoms with E-state index in [9.17, 15) is 4.79 Å². The Balaban J connectivity index is 1.38. The fourth-order valence-corrected chi connectivity index (χ4v) is 4.64. The molecule has 1 aliphatic rings. The summed E-state index contributed by atoms with van der Waals surface area (Å²) < 4.78 is 7.51. The minimum absolute atomic E-state index is 0.102. The molecule has 0 aliphatic carbocycles. The van der Waals surface area contributed by atoms with Crippen LogP contribution in [0.25, 0.3) is 0 Å². The molecule has 0 spiro atoms. The first-order valence-corrected chi connectivity index (χ1v) is 12.4. The third-order valence-corrected chi connectivity index (χ3v) is 6.82. The number of benzene rings is 1.